The molecule has 0 heterocycles. The van der Waals surface area contributed by atoms with Gasteiger partial charge in [-0.05, 0) is 24.0 Å². The normalized spacial score (nSPS) is 13.8. The van der Waals surface area contributed by atoms with E-state index in [1.807, 2.05) is 12.1 Å². The lowest BCUT2D eigenvalue weighted by molar-refractivity contribution is -0.0436. The molecular formula is C23H31NO. The molecule has 2 nitrogen and oxygen atoms in total. The van der Waals surface area contributed by atoms with E-state index in [0.29, 0.717) is 0 Å². The van der Waals surface area contributed by atoms with Crippen LogP contribution in [0.15, 0.2) is 66.7 Å². The van der Waals surface area contributed by atoms with Gasteiger partial charge in [-0.25, -0.2) is 0 Å². The molecule has 0 fully saturated rings. The first-order valence-electron chi connectivity index (χ1n) is 9.52. The molecule has 2 aromatic rings. The van der Waals surface area contributed by atoms with E-state index in [1.165, 1.54) is 24.0 Å². The molecule has 0 aliphatic rings. The smallest absolute Gasteiger partial charge is 0.104 e. The number of hydrogen-bond acceptors (Lipinski definition) is 2. The highest BCUT2D eigenvalue weighted by molar-refractivity contribution is 5.49. The second kappa shape index (κ2) is 11.6. The fourth-order valence-corrected chi connectivity index (χ4v) is 2.80. The van der Waals surface area contributed by atoms with Gasteiger partial charge in [0.1, 0.15) is 6.10 Å². The molecule has 1 N–H and O–H groups in total. The molecule has 25 heavy (non-hydrogen) atoms. The fourth-order valence-electron chi connectivity index (χ4n) is 2.80. The number of nitrogens with one attached hydrogen (secondary N) is 1. The Labute approximate surface area is 152 Å². The molecule has 2 rings (SSSR count). The maximum atomic E-state index is 6.11. The third kappa shape index (κ3) is 7.25. The van der Waals surface area contributed by atoms with Gasteiger partial charge in [0.2, 0.25) is 0 Å². The van der Waals surface area contributed by atoms with Crippen LogP contribution in [0, 0.1) is 0 Å². The van der Waals surface area contributed by atoms with E-state index in [1.54, 1.807) is 0 Å². The average molecular weight is 338 g/mol. The van der Waals surface area contributed by atoms with Crippen molar-refractivity contribution in [3.63, 3.8) is 0 Å². The van der Waals surface area contributed by atoms with Crippen LogP contribution in [0.25, 0.3) is 6.08 Å². The molecule has 0 radical (unpaired) electrons. The minimum absolute atomic E-state index is 0.0976. The van der Waals surface area contributed by atoms with Gasteiger partial charge in [-0.2, -0.15) is 5.48 Å². The lowest BCUT2D eigenvalue weighted by Crippen LogP contribution is -2.29. The summed E-state index contributed by atoms with van der Waals surface area (Å²) in [6.07, 6.45) is 10.1. The summed E-state index contributed by atoms with van der Waals surface area (Å²) in [4.78, 5) is 6.11. The van der Waals surface area contributed by atoms with Crippen molar-refractivity contribution in [3.8, 4) is 0 Å². The molecule has 0 saturated heterocycles. The number of unbranched alkanes of at least 4 members (excludes halogenated alkanes) is 1. The van der Waals surface area contributed by atoms with E-state index in [4.69, 9.17) is 4.84 Å². The molecule has 0 unspecified atom stereocenters. The monoisotopic (exact) mass is 337 g/mol. The Balaban J connectivity index is 1.98. The SMILES string of the molecule is CCCC[C@H](/C=C/c1ccccc1)NO[C@H](CCC)c1ccccc1. The molecule has 0 amide bonds. The van der Waals surface area contributed by atoms with Crippen LogP contribution in [0.3, 0.4) is 0 Å². The third-order valence-corrected chi connectivity index (χ3v) is 4.27. The molecule has 2 atom stereocenters. The Bertz CT molecular complexity index is 594. The Morgan fingerprint density at radius 1 is 0.880 bits per heavy atom. The fraction of sp³-hybridized carbons (Fsp3) is 0.391. The number of hydroxylamine groups is 1. The Morgan fingerprint density at radius 2 is 1.56 bits per heavy atom. The minimum Gasteiger partial charge on any atom is -0.293 e. The topological polar surface area (TPSA) is 21.3 Å². The highest BCUT2D eigenvalue weighted by Gasteiger charge is 2.13. The number of benzene rings is 2. The zero-order chi connectivity index (χ0) is 17.7. The van der Waals surface area contributed by atoms with E-state index < -0.39 is 0 Å². The van der Waals surface area contributed by atoms with Crippen LogP contribution >= 0.6 is 0 Å². The van der Waals surface area contributed by atoms with Crippen molar-refractivity contribution in [1.29, 1.82) is 0 Å². The summed E-state index contributed by atoms with van der Waals surface area (Å²) in [6.45, 7) is 4.42. The maximum absolute atomic E-state index is 6.11. The first-order chi connectivity index (χ1) is 12.3. The molecule has 0 spiro atoms. The van der Waals surface area contributed by atoms with Gasteiger partial charge in [0.25, 0.3) is 0 Å². The minimum atomic E-state index is 0.0976. The molecule has 0 aromatic heterocycles. The molecule has 0 bridgehead atoms. The summed E-state index contributed by atoms with van der Waals surface area (Å²) in [5.41, 5.74) is 5.78. The van der Waals surface area contributed by atoms with E-state index in [0.717, 1.165) is 19.3 Å². The first kappa shape index (κ1) is 19.4. The summed E-state index contributed by atoms with van der Waals surface area (Å²) in [5, 5.41) is 0. The predicted octanol–water partition coefficient (Wildman–Crippen LogP) is 6.32. The Hall–Kier alpha value is -1.90. The van der Waals surface area contributed by atoms with Gasteiger partial charge in [0.15, 0.2) is 0 Å². The van der Waals surface area contributed by atoms with Gasteiger partial charge in [-0.1, -0.05) is 106 Å². The Morgan fingerprint density at radius 3 is 2.20 bits per heavy atom. The maximum Gasteiger partial charge on any atom is 0.104 e. The predicted molar refractivity (Wildman–Crippen MR) is 107 cm³/mol. The molecule has 0 aliphatic carbocycles. The lowest BCUT2D eigenvalue weighted by atomic mass is 10.1. The van der Waals surface area contributed by atoms with E-state index in [-0.39, 0.29) is 12.1 Å². The van der Waals surface area contributed by atoms with Crippen molar-refractivity contribution >= 4 is 6.08 Å². The quantitative estimate of drug-likeness (QED) is 0.484. The summed E-state index contributed by atoms with van der Waals surface area (Å²) < 4.78 is 0. The van der Waals surface area contributed by atoms with E-state index >= 15 is 0 Å². The van der Waals surface area contributed by atoms with Crippen LogP contribution in [0.2, 0.25) is 0 Å². The number of hydrogen-bond donors (Lipinski definition) is 1. The molecule has 2 aromatic carbocycles. The highest BCUT2D eigenvalue weighted by Crippen LogP contribution is 2.22. The average Bonchev–Trinajstić information content (AvgIpc) is 2.68. The second-order valence-electron chi connectivity index (χ2n) is 6.44. The van der Waals surface area contributed by atoms with Gasteiger partial charge in [0.05, 0.1) is 6.04 Å². The summed E-state index contributed by atoms with van der Waals surface area (Å²) in [5.74, 6) is 0. The van der Waals surface area contributed by atoms with Gasteiger partial charge in [-0.3, -0.25) is 4.84 Å². The van der Waals surface area contributed by atoms with Gasteiger partial charge in [0, 0.05) is 0 Å². The van der Waals surface area contributed by atoms with Crippen molar-refractivity contribution in [1.82, 2.24) is 5.48 Å². The van der Waals surface area contributed by atoms with Gasteiger partial charge in [-0.15, -0.1) is 0 Å². The summed E-state index contributed by atoms with van der Waals surface area (Å²) in [6, 6.07) is 21.1. The Kier molecular flexibility index (Phi) is 9.03. The lowest BCUT2D eigenvalue weighted by Gasteiger charge is -2.22. The van der Waals surface area contributed by atoms with E-state index in [2.05, 4.69) is 80.0 Å². The van der Waals surface area contributed by atoms with Crippen molar-refractivity contribution in [2.75, 3.05) is 0 Å². The van der Waals surface area contributed by atoms with Crippen molar-refractivity contribution in [2.24, 2.45) is 0 Å². The molecule has 0 saturated carbocycles. The molecule has 2 heteroatoms. The number of rotatable bonds is 11. The van der Waals surface area contributed by atoms with Gasteiger partial charge >= 0.3 is 0 Å². The molecule has 0 aliphatic heterocycles. The van der Waals surface area contributed by atoms with Crippen molar-refractivity contribution in [3.05, 3.63) is 77.9 Å². The zero-order valence-electron chi connectivity index (χ0n) is 15.5. The third-order valence-electron chi connectivity index (χ3n) is 4.27. The standard InChI is InChI=1S/C23H31NO/c1-3-5-17-22(19-18-20-13-8-6-9-14-20)24-25-23(12-4-2)21-15-10-7-11-16-21/h6-11,13-16,18-19,22-24H,3-5,12,17H2,1-2H3/b19-18+/t22-,23-/m1/s1. The van der Waals surface area contributed by atoms with E-state index in [9.17, 15) is 0 Å². The van der Waals surface area contributed by atoms with Crippen LogP contribution in [-0.4, -0.2) is 6.04 Å². The van der Waals surface area contributed by atoms with Crippen LogP contribution in [0.4, 0.5) is 0 Å². The van der Waals surface area contributed by atoms with Gasteiger partial charge < -0.3 is 0 Å². The van der Waals surface area contributed by atoms with Crippen LogP contribution < -0.4 is 5.48 Å². The molecular weight excluding hydrogens is 306 g/mol. The van der Waals surface area contributed by atoms with Crippen molar-refractivity contribution in [2.45, 2.75) is 58.1 Å². The highest BCUT2D eigenvalue weighted by atomic mass is 16.7. The summed E-state index contributed by atoms with van der Waals surface area (Å²) >= 11 is 0. The molecule has 134 valence electrons. The second-order valence-corrected chi connectivity index (χ2v) is 6.44. The van der Waals surface area contributed by atoms with Crippen LogP contribution in [0.1, 0.15) is 63.2 Å². The largest absolute Gasteiger partial charge is 0.293 e. The van der Waals surface area contributed by atoms with Crippen LogP contribution in [-0.2, 0) is 4.84 Å². The first-order valence-corrected chi connectivity index (χ1v) is 9.52. The van der Waals surface area contributed by atoms with Crippen molar-refractivity contribution < 1.29 is 4.84 Å². The summed E-state index contributed by atoms with van der Waals surface area (Å²) in [7, 11) is 0. The van der Waals surface area contributed by atoms with Crippen LogP contribution in [0.5, 0.6) is 0 Å². The zero-order valence-corrected chi connectivity index (χ0v) is 15.5.